The van der Waals surface area contributed by atoms with Crippen molar-refractivity contribution in [1.29, 1.82) is 0 Å². The third-order valence-corrected chi connectivity index (χ3v) is 14.9. The third-order valence-electron chi connectivity index (χ3n) is 14.9. The number of fused-ring (bicyclic) bond motifs is 1. The Balaban J connectivity index is 1.02. The Morgan fingerprint density at radius 2 is 1.10 bits per heavy atom. The molecule has 0 unspecified atom stereocenters. The molecule has 0 bridgehead atoms. The molecule has 5 fully saturated rings. The first-order valence-corrected chi connectivity index (χ1v) is 26.4. The monoisotopic (exact) mass is 1230 g/mol. The molecule has 0 saturated carbocycles. The van der Waals surface area contributed by atoms with Gasteiger partial charge in [-0.05, 0) is 49.8 Å². The molecule has 5 aliphatic rings. The summed E-state index contributed by atoms with van der Waals surface area (Å²) in [4.78, 5) is 27.6. The van der Waals surface area contributed by atoms with Crippen molar-refractivity contribution in [3.8, 4) is 57.3 Å². The second kappa shape index (κ2) is 26.1. The van der Waals surface area contributed by atoms with E-state index in [1.807, 2.05) is 0 Å². The van der Waals surface area contributed by atoms with E-state index < -0.39 is 247 Å². The SMILES string of the molecule is C[C@@H]1O[C@@H](O[C@H]2CO[C@H](Oc3c(O)cc(-c4oc5cc(O)cc(O)c5c(=O)c4O[C@@H]4O[C@@H](C)[C@H](O)[C@H](O)[C@H]4O[C@@H]4O[C@H](COC(=O)/C=C/c5ccc(O)c(O)c5)[C@@H](O)[C@@H](O)[C@H]4O[C@@H]4O[C@@H](CO)[C@@H](O)[C@H](O)[C@H]4O)cc3O)[C@H](O)[C@H]2O)[C@@H](O)[C@@H](O)[C@H]1O. The maximum atomic E-state index is 14.7. The Morgan fingerprint density at radius 3 is 1.77 bits per heavy atom. The molecule has 33 heteroatoms. The fourth-order valence-electron chi connectivity index (χ4n) is 9.99. The number of carbonyl (C=O) groups excluding carboxylic acids is 1. The van der Waals surface area contributed by atoms with Crippen molar-refractivity contribution in [2.45, 2.75) is 161 Å². The number of phenolic OH excluding ortho intramolecular Hbond substituents is 6. The topological polar surface area (TPSA) is 533 Å². The summed E-state index contributed by atoms with van der Waals surface area (Å²) < 4.78 is 68.8. The summed E-state index contributed by atoms with van der Waals surface area (Å²) in [5, 5.41) is 204. The highest BCUT2D eigenvalue weighted by Gasteiger charge is 2.55. The van der Waals surface area contributed by atoms with Crippen LogP contribution in [0.4, 0.5) is 0 Å². The van der Waals surface area contributed by atoms with Crippen molar-refractivity contribution in [3.05, 3.63) is 64.3 Å². The summed E-state index contributed by atoms with van der Waals surface area (Å²) >= 11 is 0. The lowest BCUT2D eigenvalue weighted by Crippen LogP contribution is -2.67. The van der Waals surface area contributed by atoms with Gasteiger partial charge in [-0.1, -0.05) is 6.07 Å². The van der Waals surface area contributed by atoms with Gasteiger partial charge >= 0.3 is 5.97 Å². The van der Waals surface area contributed by atoms with Gasteiger partial charge in [-0.15, -0.1) is 0 Å². The van der Waals surface area contributed by atoms with Gasteiger partial charge in [0.05, 0.1) is 25.4 Å². The summed E-state index contributed by atoms with van der Waals surface area (Å²) in [6.07, 6.45) is -43.2. The van der Waals surface area contributed by atoms with Crippen LogP contribution in [0.1, 0.15) is 19.4 Å². The first-order valence-electron chi connectivity index (χ1n) is 26.4. The molecule has 0 spiro atoms. The van der Waals surface area contributed by atoms with Gasteiger partial charge < -0.3 is 154 Å². The van der Waals surface area contributed by atoms with Crippen molar-refractivity contribution >= 4 is 23.0 Å². The van der Waals surface area contributed by atoms with Gasteiger partial charge in [-0.3, -0.25) is 4.79 Å². The number of hydrogen-bond acceptors (Lipinski definition) is 33. The number of rotatable bonds is 16. The highest BCUT2D eigenvalue weighted by atomic mass is 16.8. The normalized spacial score (nSPS) is 37.8. The number of aromatic hydroxyl groups is 6. The van der Waals surface area contributed by atoms with Crippen molar-refractivity contribution < 1.29 is 158 Å². The number of aliphatic hydroxyl groups is 13. The summed E-state index contributed by atoms with van der Waals surface area (Å²) in [5.41, 5.74) is -2.10. The van der Waals surface area contributed by atoms with E-state index >= 15 is 0 Å². The standard InChI is InChI=1S/C53H64O33/c1-15-31(62)37(68)42(73)50(77-15)81-28-14-76-49(41(72)35(28)66)83-45-23(59)8-18(9-24(45)60)44-46(36(67)30-22(58)10-19(55)11-25(30)79-44)84-52-47(39(70)32(63)16(2)78-52)86-53-48(85-51-43(74)38(69)33(64)26(12-54)80-51)40(71)34(65)27(82-53)13-75-29(61)6-4-17-3-5-20(56)21(57)7-17/h3-11,15-16,26-28,31-35,37-43,47-60,62-66,68-74H,12-14H2,1-2H3/b6-4+/t15-,16-,26-,27+,28-,31-,32-,33+,34+,35-,37-,38-,39-,40+,41+,42-,43+,47+,48+,49+,50-,51-,52-,53-/m0/s1. The molecule has 0 aliphatic carbocycles. The molecule has 6 heterocycles. The molecule has 0 amide bonds. The van der Waals surface area contributed by atoms with E-state index in [1.165, 1.54) is 26.0 Å². The highest BCUT2D eigenvalue weighted by molar-refractivity contribution is 5.89. The van der Waals surface area contributed by atoms with Crippen LogP contribution in [0.15, 0.2) is 57.8 Å². The fraction of sp³-hybridized carbons (Fsp3) is 0.547. The molecular weight excluding hydrogens is 1160 g/mol. The van der Waals surface area contributed by atoms with E-state index in [1.54, 1.807) is 0 Å². The van der Waals surface area contributed by atoms with Gasteiger partial charge in [-0.25, -0.2) is 4.79 Å². The second-order valence-electron chi connectivity index (χ2n) is 20.9. The van der Waals surface area contributed by atoms with Crippen LogP contribution < -0.4 is 14.9 Å². The Kier molecular flexibility index (Phi) is 19.5. The lowest BCUT2D eigenvalue weighted by atomic mass is 9.96. The van der Waals surface area contributed by atoms with Crippen LogP contribution in [-0.4, -0.2) is 270 Å². The van der Waals surface area contributed by atoms with Crippen LogP contribution in [0, 0.1) is 0 Å². The van der Waals surface area contributed by atoms with E-state index in [9.17, 15) is 107 Å². The van der Waals surface area contributed by atoms with Gasteiger partial charge in [-0.2, -0.15) is 0 Å². The van der Waals surface area contributed by atoms with E-state index in [-0.39, 0.29) is 5.56 Å². The maximum absolute atomic E-state index is 14.7. The Hall–Kier alpha value is -6.36. The summed E-state index contributed by atoms with van der Waals surface area (Å²) in [6, 6.07) is 6.81. The van der Waals surface area contributed by atoms with Crippen molar-refractivity contribution in [2.75, 3.05) is 19.8 Å². The molecule has 86 heavy (non-hydrogen) atoms. The zero-order valence-corrected chi connectivity index (χ0v) is 44.9. The van der Waals surface area contributed by atoms with Crippen molar-refractivity contribution in [2.24, 2.45) is 0 Å². The molecule has 33 nitrogen and oxygen atoms in total. The zero-order chi connectivity index (χ0) is 62.5. The van der Waals surface area contributed by atoms with Gasteiger partial charge in [0.15, 0.2) is 53.7 Å². The summed E-state index contributed by atoms with van der Waals surface area (Å²) in [5.74, 6) is -8.17. The second-order valence-corrected chi connectivity index (χ2v) is 20.9. The zero-order valence-electron chi connectivity index (χ0n) is 44.9. The predicted molar refractivity (Wildman–Crippen MR) is 275 cm³/mol. The largest absolute Gasteiger partial charge is 0.508 e. The van der Waals surface area contributed by atoms with Gasteiger partial charge in [0, 0.05) is 23.8 Å². The highest BCUT2D eigenvalue weighted by Crippen LogP contribution is 2.46. The van der Waals surface area contributed by atoms with E-state index in [2.05, 4.69) is 0 Å². The molecule has 4 aromatic rings. The van der Waals surface area contributed by atoms with Crippen LogP contribution in [-0.2, 0) is 47.4 Å². The van der Waals surface area contributed by atoms with Crippen molar-refractivity contribution in [1.82, 2.24) is 0 Å². The average molecular weight is 1230 g/mol. The lowest BCUT2D eigenvalue weighted by Gasteiger charge is -2.48. The number of phenols is 6. The number of carbonyl (C=O) groups is 1. The van der Waals surface area contributed by atoms with Crippen LogP contribution in [0.25, 0.3) is 28.4 Å². The van der Waals surface area contributed by atoms with Gasteiger partial charge in [0.1, 0.15) is 127 Å². The Labute approximate surface area is 483 Å². The number of aliphatic hydroxyl groups excluding tert-OH is 13. The molecule has 5 aliphatic heterocycles. The molecule has 19 N–H and O–H groups in total. The summed E-state index contributed by atoms with van der Waals surface area (Å²) in [6.45, 7) is 0.137. The minimum atomic E-state index is -2.26. The molecule has 5 saturated heterocycles. The average Bonchev–Trinajstić information content (AvgIpc) is 1.01. The van der Waals surface area contributed by atoms with Gasteiger partial charge in [0.2, 0.25) is 29.5 Å². The number of esters is 1. The van der Waals surface area contributed by atoms with E-state index in [0.29, 0.717) is 0 Å². The first kappa shape index (κ1) is 64.1. The molecule has 1 aromatic heterocycles. The number of hydrogen-bond donors (Lipinski definition) is 19. The molecule has 0 radical (unpaired) electrons. The fourth-order valence-corrected chi connectivity index (χ4v) is 9.99. The van der Waals surface area contributed by atoms with Crippen molar-refractivity contribution in [3.63, 3.8) is 0 Å². The predicted octanol–water partition coefficient (Wildman–Crippen LogP) is -5.52. The minimum Gasteiger partial charge on any atom is -0.508 e. The molecule has 24 atom stereocenters. The molecular formula is C53H64O33. The first-order chi connectivity index (χ1) is 40.7. The third kappa shape index (κ3) is 13.0. The molecule has 3 aromatic carbocycles. The van der Waals surface area contributed by atoms with Gasteiger partial charge in [0.25, 0.3) is 0 Å². The van der Waals surface area contributed by atoms with Crippen LogP contribution >= 0.6 is 0 Å². The smallest absolute Gasteiger partial charge is 0.330 e. The van der Waals surface area contributed by atoms with E-state index in [0.717, 1.165) is 42.5 Å². The quantitative estimate of drug-likeness (QED) is 0.0283. The number of benzene rings is 3. The minimum absolute atomic E-state index is 0.224. The van der Waals surface area contributed by atoms with Crippen LogP contribution in [0.3, 0.4) is 0 Å². The Bertz CT molecular complexity index is 3100. The molecule has 9 rings (SSSR count). The summed E-state index contributed by atoms with van der Waals surface area (Å²) in [7, 11) is 0. The number of ether oxygens (including phenoxy) is 11. The lowest BCUT2D eigenvalue weighted by molar-refractivity contribution is -0.388. The Morgan fingerprint density at radius 1 is 0.547 bits per heavy atom. The molecule has 474 valence electrons. The van der Waals surface area contributed by atoms with Crippen LogP contribution in [0.2, 0.25) is 0 Å². The van der Waals surface area contributed by atoms with Crippen LogP contribution in [0.5, 0.6) is 46.0 Å². The van der Waals surface area contributed by atoms with E-state index in [4.69, 9.17) is 56.5 Å². The maximum Gasteiger partial charge on any atom is 0.330 e.